The average Bonchev–Trinajstić information content (AvgIpc) is 2.87. The van der Waals surface area contributed by atoms with Crippen molar-refractivity contribution in [3.8, 4) is 5.75 Å². The van der Waals surface area contributed by atoms with E-state index in [4.69, 9.17) is 0 Å². The van der Waals surface area contributed by atoms with Crippen LogP contribution in [0.1, 0.15) is 6.42 Å². The Hall–Kier alpha value is -1.75. The summed E-state index contributed by atoms with van der Waals surface area (Å²) < 4.78 is 1.74. The molecule has 18 heavy (non-hydrogen) atoms. The highest BCUT2D eigenvalue weighted by Gasteiger charge is 2.21. The zero-order chi connectivity index (χ0) is 12.7. The maximum Gasteiger partial charge on any atom is 0.326 e. The Bertz CT molecular complexity index is 629. The summed E-state index contributed by atoms with van der Waals surface area (Å²) >= 11 is 0. The van der Waals surface area contributed by atoms with Crippen LogP contribution in [-0.4, -0.2) is 39.7 Å². The van der Waals surface area contributed by atoms with Gasteiger partial charge in [0, 0.05) is 13.1 Å². The Morgan fingerprint density at radius 2 is 2.33 bits per heavy atom. The molecule has 96 valence electrons. The van der Waals surface area contributed by atoms with Crippen LogP contribution in [0, 0.1) is 5.92 Å². The molecule has 1 saturated heterocycles. The molecule has 0 aliphatic carbocycles. The number of para-hydroxylation sites is 1. The van der Waals surface area contributed by atoms with Crippen LogP contribution in [0.15, 0.2) is 23.0 Å². The largest absolute Gasteiger partial charge is 0.506 e. The minimum atomic E-state index is -0.138. The molecule has 3 rings (SSSR count). The predicted molar refractivity (Wildman–Crippen MR) is 69.8 cm³/mol. The van der Waals surface area contributed by atoms with E-state index in [9.17, 15) is 9.90 Å². The van der Waals surface area contributed by atoms with Crippen molar-refractivity contribution in [2.24, 2.45) is 5.92 Å². The highest BCUT2D eigenvalue weighted by molar-refractivity contribution is 5.81. The van der Waals surface area contributed by atoms with Crippen molar-refractivity contribution in [2.75, 3.05) is 20.1 Å². The summed E-state index contributed by atoms with van der Waals surface area (Å²) in [5, 5.41) is 9.72. The first-order chi connectivity index (χ1) is 8.65. The van der Waals surface area contributed by atoms with Gasteiger partial charge in [-0.05, 0) is 38.1 Å². The van der Waals surface area contributed by atoms with Crippen molar-refractivity contribution in [2.45, 2.75) is 13.0 Å². The topological polar surface area (TPSA) is 61.3 Å². The molecule has 1 aliphatic rings. The van der Waals surface area contributed by atoms with E-state index < -0.39 is 0 Å². The summed E-state index contributed by atoms with van der Waals surface area (Å²) in [6, 6.07) is 5.22. The van der Waals surface area contributed by atoms with Gasteiger partial charge in [0.1, 0.15) is 11.3 Å². The number of hydrogen-bond acceptors (Lipinski definition) is 3. The van der Waals surface area contributed by atoms with Crippen LogP contribution in [0.4, 0.5) is 0 Å². The Morgan fingerprint density at radius 3 is 3.06 bits per heavy atom. The maximum atomic E-state index is 11.9. The molecule has 2 heterocycles. The lowest BCUT2D eigenvalue weighted by Crippen LogP contribution is -2.23. The van der Waals surface area contributed by atoms with E-state index in [0.29, 0.717) is 18.0 Å². The van der Waals surface area contributed by atoms with Gasteiger partial charge in [-0.15, -0.1) is 0 Å². The van der Waals surface area contributed by atoms with Crippen LogP contribution in [0.3, 0.4) is 0 Å². The third-order valence-electron chi connectivity index (χ3n) is 3.72. The first-order valence-electron chi connectivity index (χ1n) is 6.24. The fraction of sp³-hybridized carbons (Fsp3) is 0.462. The van der Waals surface area contributed by atoms with Crippen molar-refractivity contribution in [3.05, 3.63) is 28.7 Å². The van der Waals surface area contributed by atoms with E-state index in [1.807, 2.05) is 6.07 Å². The number of phenolic OH excluding ortho intramolecular Hbond substituents is 1. The number of nitrogens with one attached hydrogen (secondary N) is 1. The summed E-state index contributed by atoms with van der Waals surface area (Å²) in [4.78, 5) is 16.9. The molecule has 5 nitrogen and oxygen atoms in total. The quantitative estimate of drug-likeness (QED) is 0.832. The normalized spacial score (nSPS) is 20.8. The van der Waals surface area contributed by atoms with Gasteiger partial charge in [-0.2, -0.15) is 0 Å². The van der Waals surface area contributed by atoms with Crippen LogP contribution in [0.5, 0.6) is 5.75 Å². The molecule has 1 unspecified atom stereocenters. The zero-order valence-electron chi connectivity index (χ0n) is 10.4. The third-order valence-corrected chi connectivity index (χ3v) is 3.72. The monoisotopic (exact) mass is 247 g/mol. The van der Waals surface area contributed by atoms with E-state index >= 15 is 0 Å². The molecule has 5 heteroatoms. The van der Waals surface area contributed by atoms with E-state index in [1.165, 1.54) is 0 Å². The lowest BCUT2D eigenvalue weighted by atomic mass is 10.1. The second-order valence-corrected chi connectivity index (χ2v) is 5.13. The van der Waals surface area contributed by atoms with Gasteiger partial charge in [0.15, 0.2) is 0 Å². The number of H-pyrrole nitrogens is 1. The Morgan fingerprint density at radius 1 is 1.50 bits per heavy atom. The van der Waals surface area contributed by atoms with Gasteiger partial charge in [0.25, 0.3) is 0 Å². The van der Waals surface area contributed by atoms with E-state index in [2.05, 4.69) is 16.9 Å². The summed E-state index contributed by atoms with van der Waals surface area (Å²) in [7, 11) is 2.10. The highest BCUT2D eigenvalue weighted by atomic mass is 16.3. The number of hydrogen-bond donors (Lipinski definition) is 2. The maximum absolute atomic E-state index is 11.9. The van der Waals surface area contributed by atoms with Crippen molar-refractivity contribution < 1.29 is 5.11 Å². The number of nitrogens with zero attached hydrogens (tertiary/aromatic N) is 2. The molecule has 1 aromatic carbocycles. The number of benzene rings is 1. The summed E-state index contributed by atoms with van der Waals surface area (Å²) in [6.45, 7) is 2.83. The van der Waals surface area contributed by atoms with Gasteiger partial charge in [0.05, 0.1) is 5.52 Å². The summed E-state index contributed by atoms with van der Waals surface area (Å²) in [6.07, 6.45) is 1.12. The second kappa shape index (κ2) is 4.17. The molecule has 1 aliphatic heterocycles. The van der Waals surface area contributed by atoms with Crippen LogP contribution in [0.2, 0.25) is 0 Å². The lowest BCUT2D eigenvalue weighted by molar-refractivity contribution is 0.378. The van der Waals surface area contributed by atoms with Crippen LogP contribution in [0.25, 0.3) is 11.0 Å². The molecular formula is C13H17N3O2. The number of aromatic amines is 1. The third kappa shape index (κ3) is 1.80. The molecule has 0 bridgehead atoms. The minimum absolute atomic E-state index is 0.131. The smallest absolute Gasteiger partial charge is 0.326 e. The van der Waals surface area contributed by atoms with Gasteiger partial charge in [-0.25, -0.2) is 4.79 Å². The summed E-state index contributed by atoms with van der Waals surface area (Å²) in [5.74, 6) is 0.640. The van der Waals surface area contributed by atoms with E-state index in [-0.39, 0.29) is 11.4 Å². The van der Waals surface area contributed by atoms with Gasteiger partial charge in [-0.1, -0.05) is 6.07 Å². The first-order valence-corrected chi connectivity index (χ1v) is 6.24. The molecule has 2 aromatic rings. The Labute approximate surface area is 105 Å². The Balaban J connectivity index is 1.99. The van der Waals surface area contributed by atoms with Crippen molar-refractivity contribution in [1.82, 2.24) is 14.5 Å². The Kier molecular flexibility index (Phi) is 2.63. The van der Waals surface area contributed by atoms with Crippen molar-refractivity contribution >= 4 is 11.0 Å². The second-order valence-electron chi connectivity index (χ2n) is 5.13. The van der Waals surface area contributed by atoms with Crippen LogP contribution < -0.4 is 5.69 Å². The molecule has 1 atom stereocenters. The SMILES string of the molecule is CN1CCC(Cn2c(=O)[nH]c3c(O)cccc32)C1. The van der Waals surface area contributed by atoms with Crippen molar-refractivity contribution in [3.63, 3.8) is 0 Å². The van der Waals surface area contributed by atoms with Crippen LogP contribution in [-0.2, 0) is 6.54 Å². The summed E-state index contributed by atoms with van der Waals surface area (Å²) in [5.41, 5.74) is 1.18. The number of rotatable bonds is 2. The predicted octanol–water partition coefficient (Wildman–Crippen LogP) is 0.987. The molecule has 0 amide bonds. The van der Waals surface area contributed by atoms with Gasteiger partial charge in [0.2, 0.25) is 0 Å². The molecule has 1 fully saturated rings. The molecule has 0 radical (unpaired) electrons. The number of phenols is 1. The number of fused-ring (bicyclic) bond motifs is 1. The molecular weight excluding hydrogens is 230 g/mol. The fourth-order valence-electron chi connectivity index (χ4n) is 2.78. The standard InChI is InChI=1S/C13H17N3O2/c1-15-6-5-9(7-15)8-16-10-3-2-4-11(17)12(10)14-13(16)18/h2-4,9,17H,5-8H2,1H3,(H,14,18). The van der Waals surface area contributed by atoms with Gasteiger partial charge >= 0.3 is 5.69 Å². The van der Waals surface area contributed by atoms with E-state index in [1.54, 1.807) is 16.7 Å². The average molecular weight is 247 g/mol. The van der Waals surface area contributed by atoms with Crippen molar-refractivity contribution in [1.29, 1.82) is 0 Å². The molecule has 1 aromatic heterocycles. The van der Waals surface area contributed by atoms with Crippen LogP contribution >= 0.6 is 0 Å². The lowest BCUT2D eigenvalue weighted by Gasteiger charge is -2.11. The number of aromatic hydroxyl groups is 1. The highest BCUT2D eigenvalue weighted by Crippen LogP contribution is 2.23. The number of likely N-dealkylation sites (tertiary alicyclic amines) is 1. The van der Waals surface area contributed by atoms with Gasteiger partial charge < -0.3 is 15.0 Å². The molecule has 0 spiro atoms. The fourth-order valence-corrected chi connectivity index (χ4v) is 2.78. The first kappa shape index (κ1) is 11.3. The van der Waals surface area contributed by atoms with E-state index in [0.717, 1.165) is 25.0 Å². The number of aromatic nitrogens is 2. The molecule has 0 saturated carbocycles. The number of imidazole rings is 1. The molecule has 2 N–H and O–H groups in total. The van der Waals surface area contributed by atoms with Gasteiger partial charge in [-0.3, -0.25) is 4.57 Å². The minimum Gasteiger partial charge on any atom is -0.506 e. The zero-order valence-corrected chi connectivity index (χ0v) is 10.4.